The molecular weight excluding hydrogens is 319 g/mol. The van der Waals surface area contributed by atoms with Gasteiger partial charge in [0.2, 0.25) is 0 Å². The van der Waals surface area contributed by atoms with Crippen LogP contribution in [0, 0.1) is 15.9 Å². The number of non-ortho nitro benzene ring substituents is 1. The van der Waals surface area contributed by atoms with E-state index < -0.39 is 35.1 Å². The van der Waals surface area contributed by atoms with Crippen molar-refractivity contribution >= 4 is 17.6 Å². The summed E-state index contributed by atoms with van der Waals surface area (Å²) >= 11 is 0. The Morgan fingerprint density at radius 3 is 2.50 bits per heavy atom. The average molecular weight is 331 g/mol. The number of carbonyl (C=O) groups excluding carboxylic acids is 2. The third kappa shape index (κ3) is 4.13. The van der Waals surface area contributed by atoms with Gasteiger partial charge in [0, 0.05) is 24.5 Å². The molecule has 1 atom stereocenters. The third-order valence-electron chi connectivity index (χ3n) is 3.28. The van der Waals surface area contributed by atoms with Crippen molar-refractivity contribution < 1.29 is 24.0 Å². The quantitative estimate of drug-likeness (QED) is 0.634. The highest BCUT2D eigenvalue weighted by atomic mass is 19.1. The minimum absolute atomic E-state index is 0.207. The van der Waals surface area contributed by atoms with E-state index in [0.29, 0.717) is 0 Å². The Bertz CT molecular complexity index is 794. The van der Waals surface area contributed by atoms with Gasteiger partial charge in [-0.3, -0.25) is 14.9 Å². The molecule has 2 aromatic carbocycles. The van der Waals surface area contributed by atoms with E-state index in [2.05, 4.69) is 5.32 Å². The maximum Gasteiger partial charge on any atom is 0.269 e. The Hall–Kier alpha value is -3.29. The number of nitro benzene ring substituents is 1. The SMILES string of the molecule is O=C([O-])C[C@H](NC(=O)c1ccccc1F)c1cccc([N+](=O)[O-])c1. The van der Waals surface area contributed by atoms with Crippen LogP contribution in [0.15, 0.2) is 48.5 Å². The molecule has 0 aromatic heterocycles. The lowest BCUT2D eigenvalue weighted by Crippen LogP contribution is -2.34. The molecule has 24 heavy (non-hydrogen) atoms. The summed E-state index contributed by atoms with van der Waals surface area (Å²) < 4.78 is 13.6. The molecule has 2 aromatic rings. The van der Waals surface area contributed by atoms with E-state index in [1.807, 2.05) is 0 Å². The van der Waals surface area contributed by atoms with Gasteiger partial charge in [-0.05, 0) is 17.7 Å². The van der Waals surface area contributed by atoms with Gasteiger partial charge in [0.15, 0.2) is 0 Å². The van der Waals surface area contributed by atoms with Crippen molar-refractivity contribution in [1.82, 2.24) is 5.32 Å². The Labute approximate surface area is 135 Å². The molecule has 0 heterocycles. The lowest BCUT2D eigenvalue weighted by molar-refractivity contribution is -0.385. The molecule has 1 N–H and O–H groups in total. The van der Waals surface area contributed by atoms with Gasteiger partial charge in [0.05, 0.1) is 16.5 Å². The van der Waals surface area contributed by atoms with Crippen LogP contribution in [-0.2, 0) is 4.79 Å². The fourth-order valence-electron chi connectivity index (χ4n) is 2.16. The van der Waals surface area contributed by atoms with Crippen LogP contribution in [0.1, 0.15) is 28.4 Å². The zero-order valence-electron chi connectivity index (χ0n) is 12.3. The van der Waals surface area contributed by atoms with Gasteiger partial charge in [-0.2, -0.15) is 0 Å². The molecule has 7 nitrogen and oxygen atoms in total. The monoisotopic (exact) mass is 331 g/mol. The van der Waals surface area contributed by atoms with Crippen molar-refractivity contribution in [2.75, 3.05) is 0 Å². The molecule has 1 amide bonds. The molecule has 0 spiro atoms. The Morgan fingerprint density at radius 2 is 1.88 bits per heavy atom. The fourth-order valence-corrected chi connectivity index (χ4v) is 2.16. The van der Waals surface area contributed by atoms with Crippen LogP contribution >= 0.6 is 0 Å². The van der Waals surface area contributed by atoms with E-state index >= 15 is 0 Å². The molecule has 0 unspecified atom stereocenters. The summed E-state index contributed by atoms with van der Waals surface area (Å²) in [5, 5.41) is 24.1. The maximum atomic E-state index is 13.6. The summed E-state index contributed by atoms with van der Waals surface area (Å²) in [5.41, 5.74) is -0.305. The molecule has 8 heteroatoms. The van der Waals surface area contributed by atoms with Gasteiger partial charge in [-0.1, -0.05) is 24.3 Å². The van der Waals surface area contributed by atoms with Crippen molar-refractivity contribution in [3.05, 3.63) is 75.6 Å². The molecule has 0 saturated heterocycles. The van der Waals surface area contributed by atoms with E-state index in [9.17, 15) is 29.2 Å². The van der Waals surface area contributed by atoms with E-state index in [1.165, 1.54) is 36.4 Å². The molecule has 0 aliphatic carbocycles. The first-order valence-corrected chi connectivity index (χ1v) is 6.88. The predicted octanol–water partition coefficient (Wildman–Crippen LogP) is 1.35. The van der Waals surface area contributed by atoms with Gasteiger partial charge < -0.3 is 15.2 Å². The lowest BCUT2D eigenvalue weighted by atomic mass is 10.0. The minimum Gasteiger partial charge on any atom is -0.550 e. The van der Waals surface area contributed by atoms with E-state index in [1.54, 1.807) is 0 Å². The molecule has 0 aliphatic heterocycles. The van der Waals surface area contributed by atoms with Crippen LogP contribution in [0.3, 0.4) is 0 Å². The largest absolute Gasteiger partial charge is 0.550 e. The normalized spacial score (nSPS) is 11.5. The number of rotatable bonds is 6. The number of carbonyl (C=O) groups is 2. The highest BCUT2D eigenvalue weighted by Gasteiger charge is 2.20. The molecule has 0 bridgehead atoms. The number of hydrogen-bond donors (Lipinski definition) is 1. The molecular formula is C16H12FN2O5-. The fraction of sp³-hybridized carbons (Fsp3) is 0.125. The summed E-state index contributed by atoms with van der Waals surface area (Å²) in [6.45, 7) is 0. The number of benzene rings is 2. The molecule has 0 aliphatic rings. The first-order valence-electron chi connectivity index (χ1n) is 6.88. The molecule has 2 rings (SSSR count). The maximum absolute atomic E-state index is 13.6. The number of carboxylic acids is 1. The van der Waals surface area contributed by atoms with Gasteiger partial charge in [0.1, 0.15) is 5.82 Å². The van der Waals surface area contributed by atoms with Crippen molar-refractivity contribution in [3.8, 4) is 0 Å². The van der Waals surface area contributed by atoms with Crippen LogP contribution in [-0.4, -0.2) is 16.8 Å². The number of carboxylic acid groups (broad SMARTS) is 1. The summed E-state index contributed by atoms with van der Waals surface area (Å²) in [7, 11) is 0. The van der Waals surface area contributed by atoms with Crippen LogP contribution in [0.5, 0.6) is 0 Å². The smallest absolute Gasteiger partial charge is 0.269 e. The van der Waals surface area contributed by atoms with Gasteiger partial charge in [-0.25, -0.2) is 4.39 Å². The zero-order valence-corrected chi connectivity index (χ0v) is 12.3. The average Bonchev–Trinajstić information content (AvgIpc) is 2.54. The highest BCUT2D eigenvalue weighted by molar-refractivity contribution is 5.94. The number of aliphatic carboxylic acids is 1. The molecule has 124 valence electrons. The van der Waals surface area contributed by atoms with Gasteiger partial charge in [-0.15, -0.1) is 0 Å². The number of halogens is 1. The van der Waals surface area contributed by atoms with Crippen molar-refractivity contribution in [2.24, 2.45) is 0 Å². The number of nitrogens with one attached hydrogen (secondary N) is 1. The van der Waals surface area contributed by atoms with Crippen LogP contribution < -0.4 is 10.4 Å². The second-order valence-corrected chi connectivity index (χ2v) is 4.93. The highest BCUT2D eigenvalue weighted by Crippen LogP contribution is 2.22. The summed E-state index contributed by atoms with van der Waals surface area (Å²) in [6.07, 6.45) is -0.610. The van der Waals surface area contributed by atoms with Crippen LogP contribution in [0.25, 0.3) is 0 Å². The summed E-state index contributed by atoms with van der Waals surface area (Å²) in [4.78, 5) is 33.3. The summed E-state index contributed by atoms with van der Waals surface area (Å²) in [6, 6.07) is 9.29. The second kappa shape index (κ2) is 7.32. The minimum atomic E-state index is -1.46. The third-order valence-corrected chi connectivity index (χ3v) is 3.28. The number of nitrogens with zero attached hydrogens (tertiary/aromatic N) is 1. The Balaban J connectivity index is 2.30. The van der Waals surface area contributed by atoms with Crippen molar-refractivity contribution in [1.29, 1.82) is 0 Å². The number of amides is 1. The topological polar surface area (TPSA) is 112 Å². The Kier molecular flexibility index (Phi) is 5.20. The first-order chi connectivity index (χ1) is 11.4. The molecule has 0 radical (unpaired) electrons. The zero-order chi connectivity index (χ0) is 17.7. The van der Waals surface area contributed by atoms with Crippen LogP contribution in [0.4, 0.5) is 10.1 Å². The van der Waals surface area contributed by atoms with Crippen molar-refractivity contribution in [2.45, 2.75) is 12.5 Å². The number of hydrogen-bond acceptors (Lipinski definition) is 5. The van der Waals surface area contributed by atoms with Gasteiger partial charge in [0.25, 0.3) is 11.6 Å². The summed E-state index contributed by atoms with van der Waals surface area (Å²) in [5.74, 6) is -3.05. The van der Waals surface area contributed by atoms with E-state index in [4.69, 9.17) is 0 Å². The molecule has 0 saturated carbocycles. The first kappa shape index (κ1) is 17.1. The number of nitro groups is 1. The second-order valence-electron chi connectivity index (χ2n) is 4.93. The van der Waals surface area contributed by atoms with E-state index in [-0.39, 0.29) is 16.8 Å². The standard InChI is InChI=1S/C16H13FN2O5/c17-13-7-2-1-6-12(13)16(22)18-14(9-15(20)21)10-4-3-5-11(8-10)19(23)24/h1-8,14H,9H2,(H,18,22)(H,20,21)/p-1/t14-/m0/s1. The van der Waals surface area contributed by atoms with Crippen molar-refractivity contribution in [3.63, 3.8) is 0 Å². The van der Waals surface area contributed by atoms with E-state index in [0.717, 1.165) is 12.1 Å². The van der Waals surface area contributed by atoms with Gasteiger partial charge >= 0.3 is 0 Å². The Morgan fingerprint density at radius 1 is 1.17 bits per heavy atom. The van der Waals surface area contributed by atoms with Crippen LogP contribution in [0.2, 0.25) is 0 Å². The molecule has 0 fully saturated rings. The predicted molar refractivity (Wildman–Crippen MR) is 79.3 cm³/mol. The lowest BCUT2D eigenvalue weighted by Gasteiger charge is -2.20.